The number of ether oxygens (including phenoxy) is 1. The molecule has 1 amide bonds. The van der Waals surface area contributed by atoms with Crippen LogP contribution >= 0.6 is 0 Å². The van der Waals surface area contributed by atoms with Crippen molar-refractivity contribution in [2.75, 3.05) is 13.2 Å². The van der Waals surface area contributed by atoms with Crippen molar-refractivity contribution < 1.29 is 14.6 Å². The summed E-state index contributed by atoms with van der Waals surface area (Å²) in [6, 6.07) is 23.0. The Hall–Kier alpha value is -4.04. The second-order valence-corrected chi connectivity index (χ2v) is 6.99. The van der Waals surface area contributed by atoms with Crippen molar-refractivity contribution in [1.29, 1.82) is 5.26 Å². The smallest absolute Gasteiger partial charge is 0.407 e. The van der Waals surface area contributed by atoms with E-state index in [-0.39, 0.29) is 24.8 Å². The molecule has 0 aliphatic heterocycles. The second kappa shape index (κ2) is 8.54. The van der Waals surface area contributed by atoms with Gasteiger partial charge in [0.25, 0.3) is 0 Å². The monoisotopic (exact) mass is 396 g/mol. The summed E-state index contributed by atoms with van der Waals surface area (Å²) < 4.78 is 5.48. The average molecular weight is 396 g/mol. The lowest BCUT2D eigenvalue weighted by Gasteiger charge is -2.14. The number of phenolic OH excluding ortho intramolecular Hbond substituents is 1. The van der Waals surface area contributed by atoms with Crippen LogP contribution in [0.1, 0.15) is 28.2 Å². The van der Waals surface area contributed by atoms with Crippen molar-refractivity contribution in [3.63, 3.8) is 0 Å². The molecule has 0 unspecified atom stereocenters. The Bertz CT molecular complexity index is 1120. The Morgan fingerprint density at radius 1 is 1.07 bits per heavy atom. The van der Waals surface area contributed by atoms with Gasteiger partial charge in [0.2, 0.25) is 0 Å². The van der Waals surface area contributed by atoms with Crippen LogP contribution in [0, 0.1) is 11.3 Å². The van der Waals surface area contributed by atoms with Crippen LogP contribution in [0.4, 0.5) is 4.79 Å². The lowest BCUT2D eigenvalue weighted by atomic mass is 9.98. The molecule has 0 fully saturated rings. The highest BCUT2D eigenvalue weighted by Crippen LogP contribution is 2.44. The standard InChI is InChI=1S/C25H20N2O3/c26-15-17-11-12-24(28)18(14-17)6-5-13-27-25(29)30-16-23-21-9-3-1-7-19(21)20-8-2-4-10-22(20)23/h1-12,14,23,28H,13,16H2,(H,27,29). The summed E-state index contributed by atoms with van der Waals surface area (Å²) in [5, 5.41) is 21.4. The molecule has 3 aromatic carbocycles. The first-order valence-corrected chi connectivity index (χ1v) is 9.66. The van der Waals surface area contributed by atoms with Gasteiger partial charge in [-0.1, -0.05) is 60.7 Å². The summed E-state index contributed by atoms with van der Waals surface area (Å²) >= 11 is 0. The quantitative estimate of drug-likeness (QED) is 0.648. The summed E-state index contributed by atoms with van der Waals surface area (Å²) in [5.41, 5.74) is 5.67. The number of hydrogen-bond donors (Lipinski definition) is 2. The number of carbonyl (C=O) groups excluding carboxylic acids is 1. The summed E-state index contributed by atoms with van der Waals surface area (Å²) in [6.07, 6.45) is 2.84. The van der Waals surface area contributed by atoms with Crippen LogP contribution in [0.25, 0.3) is 17.2 Å². The number of nitrogens with one attached hydrogen (secondary N) is 1. The Labute approximate surface area is 174 Å². The number of amides is 1. The number of hydrogen-bond acceptors (Lipinski definition) is 4. The number of fused-ring (bicyclic) bond motifs is 3. The zero-order valence-electron chi connectivity index (χ0n) is 16.2. The molecule has 0 bridgehead atoms. The first-order valence-electron chi connectivity index (χ1n) is 9.66. The summed E-state index contributed by atoms with van der Waals surface area (Å²) in [5.74, 6) is 0.0933. The molecule has 148 valence electrons. The van der Waals surface area contributed by atoms with E-state index in [2.05, 4.69) is 29.6 Å². The lowest BCUT2D eigenvalue weighted by molar-refractivity contribution is 0.144. The number of nitrogens with zero attached hydrogens (tertiary/aromatic N) is 1. The summed E-state index contributed by atoms with van der Waals surface area (Å²) in [7, 11) is 0. The minimum atomic E-state index is -0.503. The molecule has 0 heterocycles. The van der Waals surface area contributed by atoms with Crippen molar-refractivity contribution in [1.82, 2.24) is 5.32 Å². The van der Waals surface area contributed by atoms with E-state index in [9.17, 15) is 9.90 Å². The van der Waals surface area contributed by atoms with E-state index in [1.807, 2.05) is 30.3 Å². The SMILES string of the molecule is N#Cc1ccc(O)c(C=CCNC(=O)OCC2c3ccccc3-c3ccccc32)c1. The molecule has 1 aliphatic rings. The van der Waals surface area contributed by atoms with Crippen molar-refractivity contribution >= 4 is 12.2 Å². The Morgan fingerprint density at radius 2 is 1.73 bits per heavy atom. The number of phenols is 1. The largest absolute Gasteiger partial charge is 0.507 e. The third-order valence-electron chi connectivity index (χ3n) is 5.16. The van der Waals surface area contributed by atoms with Crippen LogP contribution in [0.15, 0.2) is 72.8 Å². The third-order valence-corrected chi connectivity index (χ3v) is 5.16. The highest BCUT2D eigenvalue weighted by Gasteiger charge is 2.28. The fourth-order valence-electron chi connectivity index (χ4n) is 3.74. The molecule has 0 saturated carbocycles. The zero-order chi connectivity index (χ0) is 20.9. The number of rotatable bonds is 5. The van der Waals surface area contributed by atoms with E-state index in [1.54, 1.807) is 24.3 Å². The molecule has 2 N–H and O–H groups in total. The predicted octanol–water partition coefficient (Wildman–Crippen LogP) is 4.82. The van der Waals surface area contributed by atoms with Gasteiger partial charge in [-0.05, 0) is 40.5 Å². The molecular formula is C25H20N2O3. The molecular weight excluding hydrogens is 376 g/mol. The highest BCUT2D eigenvalue weighted by molar-refractivity contribution is 5.79. The van der Waals surface area contributed by atoms with E-state index in [0.29, 0.717) is 11.1 Å². The molecule has 0 radical (unpaired) electrons. The topological polar surface area (TPSA) is 82.4 Å². The van der Waals surface area contributed by atoms with Crippen molar-refractivity contribution in [3.8, 4) is 22.9 Å². The van der Waals surface area contributed by atoms with Crippen LogP contribution in [0.3, 0.4) is 0 Å². The number of alkyl carbamates (subject to hydrolysis) is 1. The molecule has 0 saturated heterocycles. The maximum absolute atomic E-state index is 12.1. The molecule has 4 rings (SSSR count). The second-order valence-electron chi connectivity index (χ2n) is 6.99. The number of aromatic hydroxyl groups is 1. The van der Waals surface area contributed by atoms with E-state index in [0.717, 1.165) is 0 Å². The van der Waals surface area contributed by atoms with Crippen LogP contribution in [0.2, 0.25) is 0 Å². The normalized spacial score (nSPS) is 12.2. The molecule has 30 heavy (non-hydrogen) atoms. The van der Waals surface area contributed by atoms with Gasteiger partial charge in [0.05, 0.1) is 11.6 Å². The Balaban J connectivity index is 1.34. The van der Waals surface area contributed by atoms with Gasteiger partial charge in [0, 0.05) is 18.0 Å². The van der Waals surface area contributed by atoms with E-state index in [4.69, 9.17) is 10.00 Å². The predicted molar refractivity (Wildman–Crippen MR) is 115 cm³/mol. The van der Waals surface area contributed by atoms with Crippen molar-refractivity contribution in [2.45, 2.75) is 5.92 Å². The maximum Gasteiger partial charge on any atom is 0.407 e. The number of carbonyl (C=O) groups is 1. The van der Waals surface area contributed by atoms with Crippen molar-refractivity contribution in [2.24, 2.45) is 0 Å². The Morgan fingerprint density at radius 3 is 2.40 bits per heavy atom. The third kappa shape index (κ3) is 3.89. The van der Waals surface area contributed by atoms with Gasteiger partial charge in [-0.15, -0.1) is 0 Å². The lowest BCUT2D eigenvalue weighted by Crippen LogP contribution is -2.26. The van der Waals surface area contributed by atoms with Gasteiger partial charge < -0.3 is 15.2 Å². The van der Waals surface area contributed by atoms with Crippen LogP contribution in [-0.4, -0.2) is 24.4 Å². The fourth-order valence-corrected chi connectivity index (χ4v) is 3.74. The molecule has 0 spiro atoms. The molecule has 0 atom stereocenters. The van der Waals surface area contributed by atoms with Crippen LogP contribution in [-0.2, 0) is 4.74 Å². The van der Waals surface area contributed by atoms with Crippen molar-refractivity contribution in [3.05, 3.63) is 95.1 Å². The zero-order valence-corrected chi connectivity index (χ0v) is 16.2. The van der Waals surface area contributed by atoms with Gasteiger partial charge in [0.15, 0.2) is 0 Å². The summed E-state index contributed by atoms with van der Waals surface area (Å²) in [6.45, 7) is 0.501. The van der Waals surface area contributed by atoms with Gasteiger partial charge in [0.1, 0.15) is 12.4 Å². The number of nitriles is 1. The fraction of sp³-hybridized carbons (Fsp3) is 0.120. The van der Waals surface area contributed by atoms with E-state index < -0.39 is 6.09 Å². The van der Waals surface area contributed by atoms with Gasteiger partial charge in [-0.3, -0.25) is 0 Å². The number of benzene rings is 3. The van der Waals surface area contributed by atoms with Gasteiger partial charge >= 0.3 is 6.09 Å². The van der Waals surface area contributed by atoms with Gasteiger partial charge in [-0.25, -0.2) is 4.79 Å². The Kier molecular flexibility index (Phi) is 5.49. The molecule has 0 aromatic heterocycles. The first kappa shape index (κ1) is 19.3. The molecule has 5 nitrogen and oxygen atoms in total. The minimum Gasteiger partial charge on any atom is -0.507 e. The average Bonchev–Trinajstić information content (AvgIpc) is 3.10. The maximum atomic E-state index is 12.1. The molecule has 5 heteroatoms. The van der Waals surface area contributed by atoms with Crippen LogP contribution in [0.5, 0.6) is 5.75 Å². The van der Waals surface area contributed by atoms with Gasteiger partial charge in [-0.2, -0.15) is 5.26 Å². The molecule has 1 aliphatic carbocycles. The summed E-state index contributed by atoms with van der Waals surface area (Å²) in [4.78, 5) is 12.1. The van der Waals surface area contributed by atoms with E-state index >= 15 is 0 Å². The minimum absolute atomic E-state index is 0.0179. The molecule has 3 aromatic rings. The highest BCUT2D eigenvalue weighted by atomic mass is 16.5. The van der Waals surface area contributed by atoms with Crippen LogP contribution < -0.4 is 5.32 Å². The first-order chi connectivity index (χ1) is 14.7. The van der Waals surface area contributed by atoms with E-state index in [1.165, 1.54) is 28.3 Å².